The summed E-state index contributed by atoms with van der Waals surface area (Å²) in [5.41, 5.74) is 4.70. The van der Waals surface area contributed by atoms with E-state index in [-0.39, 0.29) is 6.98 Å². The highest BCUT2D eigenvalue weighted by molar-refractivity contribution is 6.80. The normalized spacial score (nSPS) is 14.7. The molecule has 0 aromatic heterocycles. The third-order valence-electron chi connectivity index (χ3n) is 5.63. The molecule has 0 spiro atoms. The molecule has 1 unspecified atom stereocenters. The van der Waals surface area contributed by atoms with Crippen molar-refractivity contribution in [2.75, 3.05) is 10.5 Å². The van der Waals surface area contributed by atoms with Gasteiger partial charge >= 0.3 is 6.98 Å². The molecule has 0 amide bonds. The number of benzene rings is 3. The summed E-state index contributed by atoms with van der Waals surface area (Å²) in [6.07, 6.45) is 2.32. The molecule has 4 heteroatoms. The van der Waals surface area contributed by atoms with Crippen molar-refractivity contribution in [3.8, 4) is 0 Å². The predicted octanol–water partition coefficient (Wildman–Crippen LogP) is 6.12. The maximum atomic E-state index is 3.76. The molecule has 2 N–H and O–H groups in total. The van der Waals surface area contributed by atoms with Crippen LogP contribution >= 0.6 is 0 Å². The van der Waals surface area contributed by atoms with Gasteiger partial charge in [0.05, 0.1) is 0 Å². The standard InChI is InChI=1S/C22H27BN2Si/c1-26(2,3)19(15-17-9-5-4-6-10-17)16-23-24-20-13-7-11-18-12-8-14-21(25-23)22(18)20/h4-14,19,24-25H,15-16H2,1-3H3. The van der Waals surface area contributed by atoms with Gasteiger partial charge in [-0.05, 0) is 41.4 Å². The van der Waals surface area contributed by atoms with Crippen molar-refractivity contribution in [1.82, 2.24) is 0 Å². The third kappa shape index (κ3) is 3.52. The third-order valence-corrected chi connectivity index (χ3v) is 8.52. The Labute approximate surface area is 158 Å². The molecule has 1 aliphatic rings. The van der Waals surface area contributed by atoms with E-state index in [9.17, 15) is 0 Å². The van der Waals surface area contributed by atoms with Crippen LogP contribution in [0.1, 0.15) is 5.56 Å². The summed E-state index contributed by atoms with van der Waals surface area (Å²) in [4.78, 5) is 0. The van der Waals surface area contributed by atoms with Gasteiger partial charge in [-0.15, -0.1) is 0 Å². The van der Waals surface area contributed by atoms with Crippen LogP contribution in [0.4, 0.5) is 11.4 Å². The van der Waals surface area contributed by atoms with Gasteiger partial charge in [-0.1, -0.05) is 74.2 Å². The smallest absolute Gasteiger partial charge is 0.370 e. The van der Waals surface area contributed by atoms with Crippen LogP contribution in [0.2, 0.25) is 31.5 Å². The van der Waals surface area contributed by atoms with Crippen molar-refractivity contribution in [1.29, 1.82) is 0 Å². The second-order valence-electron chi connectivity index (χ2n) is 8.54. The molecule has 2 nitrogen and oxygen atoms in total. The Morgan fingerprint density at radius 3 is 2.00 bits per heavy atom. The van der Waals surface area contributed by atoms with Crippen molar-refractivity contribution >= 4 is 37.2 Å². The van der Waals surface area contributed by atoms with Crippen molar-refractivity contribution < 1.29 is 0 Å². The monoisotopic (exact) mass is 358 g/mol. The van der Waals surface area contributed by atoms with Gasteiger partial charge in [0, 0.05) is 24.8 Å². The first-order valence-corrected chi connectivity index (χ1v) is 13.2. The van der Waals surface area contributed by atoms with E-state index in [1.807, 2.05) is 0 Å². The molecular weight excluding hydrogens is 331 g/mol. The molecule has 1 heterocycles. The van der Waals surface area contributed by atoms with Crippen molar-refractivity contribution in [2.45, 2.75) is 37.9 Å². The van der Waals surface area contributed by atoms with E-state index in [1.54, 1.807) is 0 Å². The van der Waals surface area contributed by atoms with Crippen LogP contribution in [0.5, 0.6) is 0 Å². The number of hydrogen-bond donors (Lipinski definition) is 2. The van der Waals surface area contributed by atoms with Crippen LogP contribution < -0.4 is 10.5 Å². The summed E-state index contributed by atoms with van der Waals surface area (Å²) in [7, 11) is -1.29. The first-order chi connectivity index (χ1) is 12.5. The molecule has 0 saturated carbocycles. The summed E-state index contributed by atoms with van der Waals surface area (Å²) in [5, 5.41) is 10.1. The second-order valence-corrected chi connectivity index (χ2v) is 14.1. The maximum absolute atomic E-state index is 3.76. The highest BCUT2D eigenvalue weighted by Gasteiger charge is 2.33. The fraction of sp³-hybridized carbons (Fsp3) is 0.273. The summed E-state index contributed by atoms with van der Waals surface area (Å²) in [6, 6.07) is 24.0. The van der Waals surface area contributed by atoms with Crippen LogP contribution in [0.3, 0.4) is 0 Å². The molecular formula is C22H27BN2Si. The highest BCUT2D eigenvalue weighted by Crippen LogP contribution is 2.37. The molecule has 3 aromatic rings. The van der Waals surface area contributed by atoms with Gasteiger partial charge in [0.2, 0.25) is 0 Å². The van der Waals surface area contributed by atoms with Crippen molar-refractivity contribution in [2.24, 2.45) is 0 Å². The molecule has 4 rings (SSSR count). The predicted molar refractivity (Wildman–Crippen MR) is 119 cm³/mol. The van der Waals surface area contributed by atoms with Gasteiger partial charge in [-0.3, -0.25) is 0 Å². The van der Waals surface area contributed by atoms with Gasteiger partial charge in [0.1, 0.15) is 0 Å². The fourth-order valence-electron chi connectivity index (χ4n) is 4.04. The van der Waals surface area contributed by atoms with Gasteiger partial charge < -0.3 is 10.5 Å². The van der Waals surface area contributed by atoms with E-state index < -0.39 is 8.07 Å². The molecule has 0 radical (unpaired) electrons. The number of hydrogen-bond acceptors (Lipinski definition) is 2. The van der Waals surface area contributed by atoms with Gasteiger partial charge in [0.25, 0.3) is 0 Å². The molecule has 132 valence electrons. The van der Waals surface area contributed by atoms with E-state index >= 15 is 0 Å². The quantitative estimate of drug-likeness (QED) is 0.537. The zero-order chi connectivity index (χ0) is 18.1. The van der Waals surface area contributed by atoms with Crippen molar-refractivity contribution in [3.05, 3.63) is 72.3 Å². The second kappa shape index (κ2) is 6.84. The Kier molecular flexibility index (Phi) is 4.53. The zero-order valence-corrected chi connectivity index (χ0v) is 16.9. The number of anilines is 2. The topological polar surface area (TPSA) is 24.1 Å². The minimum atomic E-state index is -1.29. The van der Waals surface area contributed by atoms with Crippen LogP contribution in [0.15, 0.2) is 66.7 Å². The number of rotatable bonds is 5. The first kappa shape index (κ1) is 17.2. The molecule has 0 fully saturated rings. The van der Waals surface area contributed by atoms with E-state index in [0.29, 0.717) is 0 Å². The minimum Gasteiger partial charge on any atom is -0.409 e. The van der Waals surface area contributed by atoms with Gasteiger partial charge in [0.15, 0.2) is 0 Å². The number of nitrogens with one attached hydrogen (secondary N) is 2. The summed E-state index contributed by atoms with van der Waals surface area (Å²) in [6.45, 7) is 7.78. The Balaban J connectivity index is 1.57. The lowest BCUT2D eigenvalue weighted by Gasteiger charge is -2.34. The molecule has 0 aliphatic carbocycles. The Bertz CT molecular complexity index is 864. The molecule has 0 bridgehead atoms. The van der Waals surface area contributed by atoms with Crippen LogP contribution in [0, 0.1) is 0 Å². The lowest BCUT2D eigenvalue weighted by Crippen LogP contribution is -2.42. The molecule has 1 atom stereocenters. The Morgan fingerprint density at radius 2 is 1.42 bits per heavy atom. The van der Waals surface area contributed by atoms with Gasteiger partial charge in [-0.2, -0.15) is 0 Å². The zero-order valence-electron chi connectivity index (χ0n) is 15.9. The van der Waals surface area contributed by atoms with E-state index in [2.05, 4.69) is 96.8 Å². The average Bonchev–Trinajstić information content (AvgIpc) is 2.62. The van der Waals surface area contributed by atoms with Gasteiger partial charge in [-0.25, -0.2) is 0 Å². The maximum Gasteiger partial charge on any atom is 0.370 e. The molecule has 3 aromatic carbocycles. The molecule has 1 aliphatic heterocycles. The average molecular weight is 358 g/mol. The highest BCUT2D eigenvalue weighted by atomic mass is 28.3. The first-order valence-electron chi connectivity index (χ1n) is 9.59. The minimum absolute atomic E-state index is 0.288. The fourth-order valence-corrected chi connectivity index (χ4v) is 5.83. The summed E-state index contributed by atoms with van der Waals surface area (Å²) < 4.78 is 0. The Hall–Kier alpha value is -2.20. The van der Waals surface area contributed by atoms with Crippen LogP contribution in [0.25, 0.3) is 10.8 Å². The Morgan fingerprint density at radius 1 is 0.808 bits per heavy atom. The van der Waals surface area contributed by atoms with E-state index in [0.717, 1.165) is 11.9 Å². The summed E-state index contributed by atoms with van der Waals surface area (Å²) in [5.74, 6) is 0. The van der Waals surface area contributed by atoms with E-state index in [4.69, 9.17) is 0 Å². The lowest BCUT2D eigenvalue weighted by molar-refractivity contribution is 0.863. The largest absolute Gasteiger partial charge is 0.409 e. The SMILES string of the molecule is C[Si](C)(C)C(CB1Nc2cccc3cccc(c23)N1)Cc1ccccc1. The molecule has 26 heavy (non-hydrogen) atoms. The lowest BCUT2D eigenvalue weighted by atomic mass is 9.68. The van der Waals surface area contributed by atoms with Crippen LogP contribution in [-0.2, 0) is 6.42 Å². The summed E-state index contributed by atoms with van der Waals surface area (Å²) >= 11 is 0. The van der Waals surface area contributed by atoms with Crippen molar-refractivity contribution in [3.63, 3.8) is 0 Å². The molecule has 0 saturated heterocycles. The van der Waals surface area contributed by atoms with E-state index in [1.165, 1.54) is 34.1 Å². The van der Waals surface area contributed by atoms with Crippen LogP contribution in [-0.4, -0.2) is 15.1 Å².